The molecule has 1 saturated heterocycles. The summed E-state index contributed by atoms with van der Waals surface area (Å²) in [4.78, 5) is 11.8. The number of fused-ring (bicyclic) bond motifs is 1. The van der Waals surface area contributed by atoms with E-state index in [1.165, 1.54) is 18.6 Å². The molecule has 0 aliphatic carbocycles. The number of nitrogens with one attached hydrogen (secondary N) is 1. The van der Waals surface area contributed by atoms with Crippen molar-refractivity contribution >= 4 is 33.3 Å². The summed E-state index contributed by atoms with van der Waals surface area (Å²) in [6.45, 7) is 5.06. The first-order chi connectivity index (χ1) is 12.2. The van der Waals surface area contributed by atoms with Crippen LogP contribution >= 0.6 is 11.3 Å². The summed E-state index contributed by atoms with van der Waals surface area (Å²) in [6, 6.07) is 8.72. The average molecular weight is 356 g/mol. The van der Waals surface area contributed by atoms with Crippen LogP contribution in [0.5, 0.6) is 0 Å². The second-order valence-electron chi connectivity index (χ2n) is 6.65. The summed E-state index contributed by atoms with van der Waals surface area (Å²) in [7, 11) is 0. The van der Waals surface area contributed by atoms with Gasteiger partial charge in [0, 0.05) is 19.6 Å². The number of benzene rings is 1. The summed E-state index contributed by atoms with van der Waals surface area (Å²) >= 11 is 1.66. The minimum atomic E-state index is -0.197. The zero-order valence-corrected chi connectivity index (χ0v) is 15.0. The molecule has 2 aromatic heterocycles. The summed E-state index contributed by atoms with van der Waals surface area (Å²) in [5.41, 5.74) is 2.11. The van der Waals surface area contributed by atoms with Gasteiger partial charge in [0.2, 0.25) is 5.95 Å². The molecule has 0 bridgehead atoms. The van der Waals surface area contributed by atoms with Gasteiger partial charge < -0.3 is 10.2 Å². The van der Waals surface area contributed by atoms with E-state index >= 15 is 0 Å². The number of hydrogen-bond donors (Lipinski definition) is 1. The number of anilines is 2. The van der Waals surface area contributed by atoms with Crippen LogP contribution < -0.4 is 10.2 Å². The Morgan fingerprint density at radius 1 is 1.24 bits per heavy atom. The maximum absolute atomic E-state index is 13.0. The molecule has 1 aromatic carbocycles. The van der Waals surface area contributed by atoms with E-state index < -0.39 is 0 Å². The third-order valence-corrected chi connectivity index (χ3v) is 5.53. The fraction of sp³-hybridized carbons (Fsp3) is 0.368. The van der Waals surface area contributed by atoms with E-state index in [4.69, 9.17) is 9.97 Å². The highest BCUT2D eigenvalue weighted by Crippen LogP contribution is 2.30. The first kappa shape index (κ1) is 16.3. The van der Waals surface area contributed by atoms with Crippen molar-refractivity contribution in [1.82, 2.24) is 9.97 Å². The molecule has 6 heteroatoms. The topological polar surface area (TPSA) is 41.1 Å². The Bertz CT molecular complexity index is 861. The van der Waals surface area contributed by atoms with Crippen LogP contribution in [0.1, 0.15) is 18.9 Å². The van der Waals surface area contributed by atoms with Gasteiger partial charge in [0.15, 0.2) is 0 Å². The maximum Gasteiger partial charge on any atom is 0.227 e. The molecule has 25 heavy (non-hydrogen) atoms. The van der Waals surface area contributed by atoms with Gasteiger partial charge in [0.25, 0.3) is 0 Å². The van der Waals surface area contributed by atoms with Crippen molar-refractivity contribution in [1.29, 1.82) is 0 Å². The molecule has 0 saturated carbocycles. The van der Waals surface area contributed by atoms with Gasteiger partial charge in [-0.05, 0) is 47.9 Å². The minimum absolute atomic E-state index is 0.197. The first-order valence-corrected chi connectivity index (χ1v) is 9.55. The van der Waals surface area contributed by atoms with Crippen LogP contribution in [-0.2, 0) is 6.42 Å². The highest BCUT2D eigenvalue weighted by molar-refractivity contribution is 7.17. The lowest BCUT2D eigenvalue weighted by atomic mass is 10.1. The lowest BCUT2D eigenvalue weighted by Crippen LogP contribution is -2.22. The third-order valence-electron chi connectivity index (χ3n) is 4.62. The molecule has 0 spiro atoms. The van der Waals surface area contributed by atoms with Crippen molar-refractivity contribution in [2.75, 3.05) is 29.9 Å². The molecule has 1 N–H and O–H groups in total. The van der Waals surface area contributed by atoms with Crippen molar-refractivity contribution in [3.05, 3.63) is 47.1 Å². The number of nitrogens with zero attached hydrogens (tertiary/aromatic N) is 3. The fourth-order valence-corrected chi connectivity index (χ4v) is 4.00. The quantitative estimate of drug-likeness (QED) is 0.739. The number of rotatable bonds is 5. The van der Waals surface area contributed by atoms with E-state index in [2.05, 4.69) is 28.6 Å². The predicted octanol–water partition coefficient (Wildman–Crippen LogP) is 4.33. The number of thiophene rings is 1. The van der Waals surface area contributed by atoms with Crippen molar-refractivity contribution in [2.24, 2.45) is 5.92 Å². The van der Waals surface area contributed by atoms with E-state index in [1.807, 2.05) is 12.1 Å². The van der Waals surface area contributed by atoms with Crippen LogP contribution in [0.2, 0.25) is 0 Å². The third kappa shape index (κ3) is 3.58. The Kier molecular flexibility index (Phi) is 4.53. The van der Waals surface area contributed by atoms with E-state index in [0.717, 1.165) is 53.6 Å². The lowest BCUT2D eigenvalue weighted by Gasteiger charge is -2.17. The Labute approximate surface area is 150 Å². The molecule has 1 atom stereocenters. The summed E-state index contributed by atoms with van der Waals surface area (Å²) < 4.78 is 14.1. The number of halogens is 1. The average Bonchev–Trinajstić information content (AvgIpc) is 3.25. The van der Waals surface area contributed by atoms with Gasteiger partial charge in [-0.25, -0.2) is 9.37 Å². The molecule has 1 fully saturated rings. The van der Waals surface area contributed by atoms with Gasteiger partial charge in [-0.2, -0.15) is 4.98 Å². The Balaban J connectivity index is 1.51. The molecule has 1 unspecified atom stereocenters. The van der Waals surface area contributed by atoms with E-state index in [0.29, 0.717) is 5.92 Å². The van der Waals surface area contributed by atoms with Gasteiger partial charge in [-0.3, -0.25) is 0 Å². The molecule has 0 amide bonds. The Hall–Kier alpha value is -2.21. The molecule has 3 heterocycles. The lowest BCUT2D eigenvalue weighted by molar-refractivity contribution is 0.627. The maximum atomic E-state index is 13.0. The number of hydrogen-bond acceptors (Lipinski definition) is 5. The second kappa shape index (κ2) is 6.96. The van der Waals surface area contributed by atoms with Crippen molar-refractivity contribution in [2.45, 2.75) is 19.8 Å². The molecule has 0 radical (unpaired) electrons. The van der Waals surface area contributed by atoms with Crippen molar-refractivity contribution < 1.29 is 4.39 Å². The summed E-state index contributed by atoms with van der Waals surface area (Å²) in [6.07, 6.45) is 2.02. The van der Waals surface area contributed by atoms with Gasteiger partial charge in [0.1, 0.15) is 11.6 Å². The normalized spacial score (nSPS) is 17.4. The van der Waals surface area contributed by atoms with Crippen molar-refractivity contribution in [3.8, 4) is 0 Å². The minimum Gasteiger partial charge on any atom is -0.368 e. The van der Waals surface area contributed by atoms with Crippen LogP contribution in [0, 0.1) is 11.7 Å². The van der Waals surface area contributed by atoms with E-state index in [1.54, 1.807) is 11.3 Å². The van der Waals surface area contributed by atoms with Gasteiger partial charge >= 0.3 is 0 Å². The predicted molar refractivity (Wildman–Crippen MR) is 102 cm³/mol. The summed E-state index contributed by atoms with van der Waals surface area (Å²) in [5.74, 6) is 2.21. The molecule has 130 valence electrons. The molecule has 1 aliphatic rings. The van der Waals surface area contributed by atoms with E-state index in [-0.39, 0.29) is 5.82 Å². The highest BCUT2D eigenvalue weighted by atomic mass is 32.1. The highest BCUT2D eigenvalue weighted by Gasteiger charge is 2.22. The van der Waals surface area contributed by atoms with Gasteiger partial charge in [-0.15, -0.1) is 11.3 Å². The summed E-state index contributed by atoms with van der Waals surface area (Å²) in [5, 5.41) is 5.51. The van der Waals surface area contributed by atoms with Crippen LogP contribution in [0.4, 0.5) is 16.2 Å². The molecule has 3 aromatic rings. The first-order valence-electron chi connectivity index (χ1n) is 8.67. The monoisotopic (exact) mass is 356 g/mol. The Morgan fingerprint density at radius 3 is 2.84 bits per heavy atom. The zero-order valence-electron chi connectivity index (χ0n) is 14.2. The van der Waals surface area contributed by atoms with Crippen LogP contribution in [0.15, 0.2) is 35.7 Å². The fourth-order valence-electron chi connectivity index (χ4n) is 3.21. The largest absolute Gasteiger partial charge is 0.368 e. The van der Waals surface area contributed by atoms with Crippen LogP contribution in [-0.4, -0.2) is 29.6 Å². The number of aromatic nitrogens is 2. The van der Waals surface area contributed by atoms with Gasteiger partial charge in [0.05, 0.1) is 10.2 Å². The van der Waals surface area contributed by atoms with Gasteiger partial charge in [-0.1, -0.05) is 19.1 Å². The smallest absolute Gasteiger partial charge is 0.227 e. The Morgan fingerprint density at radius 2 is 2.08 bits per heavy atom. The standard InChI is InChI=1S/C19H21FN4S/c1-13-7-10-24(12-13)19-22-16-8-11-25-17(16)18(23-19)21-9-6-14-2-4-15(20)5-3-14/h2-5,8,11,13H,6-7,9-10,12H2,1H3,(H,21,22,23). The second-order valence-corrected chi connectivity index (χ2v) is 7.57. The molecule has 1 aliphatic heterocycles. The van der Waals surface area contributed by atoms with Crippen LogP contribution in [0.3, 0.4) is 0 Å². The molecular weight excluding hydrogens is 335 g/mol. The van der Waals surface area contributed by atoms with Crippen LogP contribution in [0.25, 0.3) is 10.2 Å². The molecule has 4 rings (SSSR count). The molecular formula is C19H21FN4S. The SMILES string of the molecule is CC1CCN(c2nc(NCCc3ccc(F)cc3)c3sccc3n2)C1. The zero-order chi connectivity index (χ0) is 17.2. The van der Waals surface area contributed by atoms with Crippen molar-refractivity contribution in [3.63, 3.8) is 0 Å². The molecule has 4 nitrogen and oxygen atoms in total. The van der Waals surface area contributed by atoms with E-state index in [9.17, 15) is 4.39 Å².